The van der Waals surface area contributed by atoms with E-state index in [-0.39, 0.29) is 34.5 Å². The number of methoxy groups -OCH3 is 1. The maximum absolute atomic E-state index is 13.9. The van der Waals surface area contributed by atoms with E-state index in [0.29, 0.717) is 29.8 Å². The Morgan fingerprint density at radius 3 is 2.62 bits per heavy atom. The summed E-state index contributed by atoms with van der Waals surface area (Å²) in [5, 5.41) is 4.06. The highest BCUT2D eigenvalue weighted by Crippen LogP contribution is 2.34. The molecule has 0 N–H and O–H groups in total. The van der Waals surface area contributed by atoms with Crippen LogP contribution in [-0.2, 0) is 6.42 Å². The minimum Gasteiger partial charge on any atom is -0.497 e. The van der Waals surface area contributed by atoms with Gasteiger partial charge in [0.25, 0.3) is 12.3 Å². The Morgan fingerprint density at radius 1 is 1.15 bits per heavy atom. The van der Waals surface area contributed by atoms with Gasteiger partial charge in [0.2, 0.25) is 0 Å². The number of anilines is 1. The van der Waals surface area contributed by atoms with Gasteiger partial charge in [0.05, 0.1) is 19.0 Å². The zero-order valence-corrected chi connectivity index (χ0v) is 18.5. The quantitative estimate of drug-likeness (QED) is 0.401. The summed E-state index contributed by atoms with van der Waals surface area (Å²) in [4.78, 5) is 19.8. The Bertz CT molecular complexity index is 1390. The van der Waals surface area contributed by atoms with Crippen molar-refractivity contribution in [1.29, 1.82) is 0 Å². The lowest BCUT2D eigenvalue weighted by Gasteiger charge is -2.35. The summed E-state index contributed by atoms with van der Waals surface area (Å²) < 4.78 is 47.8. The van der Waals surface area contributed by atoms with Crippen molar-refractivity contribution in [2.24, 2.45) is 0 Å². The molecule has 2 aromatic carbocycles. The van der Waals surface area contributed by atoms with Gasteiger partial charge in [-0.1, -0.05) is 0 Å². The maximum atomic E-state index is 13.9. The van der Waals surface area contributed by atoms with Gasteiger partial charge in [0.15, 0.2) is 5.65 Å². The van der Waals surface area contributed by atoms with Gasteiger partial charge in [-0.15, -0.1) is 0 Å². The molecule has 1 aliphatic heterocycles. The molecule has 3 heterocycles. The standard InChI is InChI=1S/C25H21F3N4O2/c1-14-3-4-16-11-17(26)7-10-21(16)31(14)25(33)19-13-29-32-22(23(27)28)12-20(30-24(19)32)15-5-8-18(34-2)9-6-15/h5-14,23H,3-4H2,1-2H3. The molecular formula is C25H21F3N4O2. The first-order valence-electron chi connectivity index (χ1n) is 10.8. The largest absolute Gasteiger partial charge is 0.497 e. The molecule has 0 aliphatic carbocycles. The predicted octanol–water partition coefficient (Wildman–Crippen LogP) is 5.46. The molecule has 0 saturated heterocycles. The molecule has 6 nitrogen and oxygen atoms in total. The summed E-state index contributed by atoms with van der Waals surface area (Å²) in [6.45, 7) is 1.90. The van der Waals surface area contributed by atoms with Gasteiger partial charge in [-0.2, -0.15) is 5.10 Å². The molecule has 174 valence electrons. The Labute approximate surface area is 193 Å². The van der Waals surface area contributed by atoms with E-state index in [1.807, 2.05) is 6.92 Å². The van der Waals surface area contributed by atoms with Crippen LogP contribution >= 0.6 is 0 Å². The summed E-state index contributed by atoms with van der Waals surface area (Å²) in [6, 6.07) is 12.2. The third-order valence-electron chi connectivity index (χ3n) is 6.13. The minimum absolute atomic E-state index is 0.0371. The van der Waals surface area contributed by atoms with Crippen molar-refractivity contribution in [1.82, 2.24) is 14.6 Å². The molecule has 0 radical (unpaired) electrons. The molecule has 9 heteroatoms. The third-order valence-corrected chi connectivity index (χ3v) is 6.13. The number of aromatic nitrogens is 3. The SMILES string of the molecule is COc1ccc(-c2cc(C(F)F)n3ncc(C(=O)N4c5ccc(F)cc5CCC4C)c3n2)cc1. The van der Waals surface area contributed by atoms with Crippen LogP contribution in [0.5, 0.6) is 5.75 Å². The van der Waals surface area contributed by atoms with Gasteiger partial charge >= 0.3 is 0 Å². The highest BCUT2D eigenvalue weighted by molar-refractivity contribution is 6.10. The average Bonchev–Trinajstić information content (AvgIpc) is 3.27. The first-order valence-corrected chi connectivity index (χ1v) is 10.8. The normalized spacial score (nSPS) is 15.6. The lowest BCUT2D eigenvalue weighted by atomic mass is 9.96. The van der Waals surface area contributed by atoms with E-state index in [9.17, 15) is 18.0 Å². The summed E-state index contributed by atoms with van der Waals surface area (Å²) in [5.41, 5.74) is 1.97. The van der Waals surface area contributed by atoms with Crippen LogP contribution in [0.15, 0.2) is 54.7 Å². The number of alkyl halides is 2. The zero-order valence-electron chi connectivity index (χ0n) is 18.5. The van der Waals surface area contributed by atoms with Crippen LogP contribution in [0, 0.1) is 5.82 Å². The summed E-state index contributed by atoms with van der Waals surface area (Å²) in [7, 11) is 1.53. The highest BCUT2D eigenvalue weighted by atomic mass is 19.3. The van der Waals surface area contributed by atoms with Gasteiger partial charge in [0, 0.05) is 17.3 Å². The number of carbonyl (C=O) groups is 1. The summed E-state index contributed by atoms with van der Waals surface area (Å²) >= 11 is 0. The second-order valence-electron chi connectivity index (χ2n) is 8.22. The van der Waals surface area contributed by atoms with Crippen molar-refractivity contribution in [2.75, 3.05) is 12.0 Å². The molecule has 1 atom stereocenters. The summed E-state index contributed by atoms with van der Waals surface area (Å²) in [6.07, 6.45) is -0.280. The van der Waals surface area contributed by atoms with E-state index in [1.165, 1.54) is 31.5 Å². The topological polar surface area (TPSA) is 59.7 Å². The molecule has 0 saturated carbocycles. The van der Waals surface area contributed by atoms with Gasteiger partial charge in [0.1, 0.15) is 22.8 Å². The lowest BCUT2D eigenvalue weighted by molar-refractivity contribution is 0.0976. The van der Waals surface area contributed by atoms with E-state index in [4.69, 9.17) is 4.74 Å². The molecule has 0 bridgehead atoms. The number of halogens is 3. The molecule has 1 aliphatic rings. The van der Waals surface area contributed by atoms with Crippen molar-refractivity contribution in [3.63, 3.8) is 0 Å². The van der Waals surface area contributed by atoms with Crippen LogP contribution in [0.1, 0.15) is 41.4 Å². The van der Waals surface area contributed by atoms with E-state index >= 15 is 0 Å². The zero-order chi connectivity index (χ0) is 24.0. The van der Waals surface area contributed by atoms with Crippen LogP contribution in [0.4, 0.5) is 18.9 Å². The Balaban J connectivity index is 1.64. The average molecular weight is 466 g/mol. The van der Waals surface area contributed by atoms with E-state index in [1.54, 1.807) is 35.2 Å². The number of carbonyl (C=O) groups excluding carboxylic acids is 1. The molecule has 2 aromatic heterocycles. The minimum atomic E-state index is -2.83. The number of hydrogen-bond donors (Lipinski definition) is 0. The van der Waals surface area contributed by atoms with Crippen molar-refractivity contribution < 1.29 is 22.7 Å². The van der Waals surface area contributed by atoms with Crippen LogP contribution in [0.2, 0.25) is 0 Å². The van der Waals surface area contributed by atoms with Gasteiger partial charge in [-0.3, -0.25) is 4.79 Å². The number of benzene rings is 2. The van der Waals surface area contributed by atoms with E-state index < -0.39 is 12.3 Å². The molecular weight excluding hydrogens is 445 g/mol. The number of rotatable bonds is 4. The van der Waals surface area contributed by atoms with Crippen molar-refractivity contribution in [3.05, 3.63) is 77.4 Å². The van der Waals surface area contributed by atoms with Crippen LogP contribution in [0.25, 0.3) is 16.9 Å². The number of ether oxygens (including phenoxy) is 1. The Kier molecular flexibility index (Phi) is 5.47. The number of nitrogens with zero attached hydrogens (tertiary/aromatic N) is 4. The fraction of sp³-hybridized carbons (Fsp3) is 0.240. The number of fused-ring (bicyclic) bond motifs is 2. The maximum Gasteiger partial charge on any atom is 0.280 e. The van der Waals surface area contributed by atoms with E-state index in [2.05, 4.69) is 10.1 Å². The van der Waals surface area contributed by atoms with Crippen LogP contribution in [-0.4, -0.2) is 33.7 Å². The smallest absolute Gasteiger partial charge is 0.280 e. The molecule has 34 heavy (non-hydrogen) atoms. The Morgan fingerprint density at radius 2 is 1.91 bits per heavy atom. The highest BCUT2D eigenvalue weighted by Gasteiger charge is 2.32. The predicted molar refractivity (Wildman–Crippen MR) is 121 cm³/mol. The fourth-order valence-corrected chi connectivity index (χ4v) is 4.36. The molecule has 0 spiro atoms. The second-order valence-corrected chi connectivity index (χ2v) is 8.22. The molecule has 4 aromatic rings. The number of hydrogen-bond acceptors (Lipinski definition) is 4. The first-order chi connectivity index (χ1) is 16.4. The first kappa shape index (κ1) is 21.9. The number of aryl methyl sites for hydroxylation is 1. The van der Waals surface area contributed by atoms with Crippen LogP contribution in [0.3, 0.4) is 0 Å². The second kappa shape index (κ2) is 8.48. The molecule has 1 amide bonds. The summed E-state index contributed by atoms with van der Waals surface area (Å²) in [5.74, 6) is -0.174. The van der Waals surface area contributed by atoms with Gasteiger partial charge < -0.3 is 9.64 Å². The van der Waals surface area contributed by atoms with Crippen molar-refractivity contribution >= 4 is 17.2 Å². The lowest BCUT2D eigenvalue weighted by Crippen LogP contribution is -2.42. The molecule has 0 fully saturated rings. The van der Waals surface area contributed by atoms with Gasteiger partial charge in [-0.25, -0.2) is 22.7 Å². The van der Waals surface area contributed by atoms with Gasteiger partial charge in [-0.05, 0) is 73.9 Å². The number of amides is 1. The van der Waals surface area contributed by atoms with Crippen molar-refractivity contribution in [2.45, 2.75) is 32.2 Å². The van der Waals surface area contributed by atoms with E-state index in [0.717, 1.165) is 10.1 Å². The fourth-order valence-electron chi connectivity index (χ4n) is 4.36. The molecule has 1 unspecified atom stereocenters. The van der Waals surface area contributed by atoms with Crippen molar-refractivity contribution in [3.8, 4) is 17.0 Å². The Hall–Kier alpha value is -3.88. The molecule has 5 rings (SSSR count). The van der Waals surface area contributed by atoms with Crippen LogP contribution < -0.4 is 9.64 Å². The monoisotopic (exact) mass is 466 g/mol. The third kappa shape index (κ3) is 3.67.